The number of Topliss-reactive ketones (excluding diaryl/α,β-unsaturated/α-hetero) is 1. The zero-order valence-electron chi connectivity index (χ0n) is 8.85. The first-order valence-corrected chi connectivity index (χ1v) is 6.12. The van der Waals surface area contributed by atoms with E-state index >= 15 is 0 Å². The summed E-state index contributed by atoms with van der Waals surface area (Å²) in [7, 11) is 0. The van der Waals surface area contributed by atoms with Crippen LogP contribution in [0.25, 0.3) is 10.2 Å². The zero-order chi connectivity index (χ0) is 11.4. The van der Waals surface area contributed by atoms with Crippen molar-refractivity contribution in [3.63, 3.8) is 0 Å². The summed E-state index contributed by atoms with van der Waals surface area (Å²) in [5.74, 6) is 0.0784. The Labute approximate surface area is 97.8 Å². The first-order chi connectivity index (χ1) is 7.81. The first kappa shape index (κ1) is 11.2. The number of para-hydroxylation sites is 1. The molecular weight excluding hydrogens is 222 g/mol. The van der Waals surface area contributed by atoms with Gasteiger partial charge in [0.2, 0.25) is 0 Å². The van der Waals surface area contributed by atoms with Gasteiger partial charge in [-0.15, -0.1) is 11.3 Å². The van der Waals surface area contributed by atoms with Crippen molar-refractivity contribution in [2.45, 2.75) is 19.3 Å². The van der Waals surface area contributed by atoms with Gasteiger partial charge in [-0.1, -0.05) is 12.1 Å². The molecule has 0 aliphatic rings. The lowest BCUT2D eigenvalue weighted by atomic mass is 10.2. The lowest BCUT2D eigenvalue weighted by Crippen LogP contribution is -1.98. The molecule has 0 fully saturated rings. The fourth-order valence-electron chi connectivity index (χ4n) is 1.50. The molecule has 0 aliphatic heterocycles. The Morgan fingerprint density at radius 3 is 2.88 bits per heavy atom. The maximum absolute atomic E-state index is 11.8. The summed E-state index contributed by atoms with van der Waals surface area (Å²) in [6.07, 6.45) is 1.88. The number of carbonyl (C=O) groups is 1. The summed E-state index contributed by atoms with van der Waals surface area (Å²) in [6.45, 7) is 0.146. The molecule has 2 aromatic rings. The average molecular weight is 235 g/mol. The molecule has 3 nitrogen and oxygen atoms in total. The van der Waals surface area contributed by atoms with Gasteiger partial charge in [0, 0.05) is 13.0 Å². The van der Waals surface area contributed by atoms with Crippen molar-refractivity contribution in [3.05, 3.63) is 29.3 Å². The minimum Gasteiger partial charge on any atom is -0.396 e. The van der Waals surface area contributed by atoms with Crippen LogP contribution in [0.3, 0.4) is 0 Å². The van der Waals surface area contributed by atoms with Gasteiger partial charge in [0.1, 0.15) is 0 Å². The van der Waals surface area contributed by atoms with E-state index in [9.17, 15) is 4.79 Å². The molecule has 1 aromatic heterocycles. The minimum atomic E-state index is 0.0784. The van der Waals surface area contributed by atoms with Crippen molar-refractivity contribution >= 4 is 27.3 Å². The molecule has 1 aromatic carbocycles. The van der Waals surface area contributed by atoms with Crippen LogP contribution in [0.2, 0.25) is 0 Å². The molecule has 1 heterocycles. The average Bonchev–Trinajstić information content (AvgIpc) is 2.73. The lowest BCUT2D eigenvalue weighted by molar-refractivity contribution is 0.0977. The van der Waals surface area contributed by atoms with Crippen molar-refractivity contribution in [1.29, 1.82) is 0 Å². The number of aliphatic hydroxyl groups is 1. The highest BCUT2D eigenvalue weighted by Crippen LogP contribution is 2.22. The summed E-state index contributed by atoms with van der Waals surface area (Å²) in [6, 6.07) is 7.75. The molecule has 4 heteroatoms. The van der Waals surface area contributed by atoms with E-state index in [1.54, 1.807) is 0 Å². The van der Waals surface area contributed by atoms with Gasteiger partial charge < -0.3 is 5.11 Å². The lowest BCUT2D eigenvalue weighted by Gasteiger charge is -1.94. The van der Waals surface area contributed by atoms with Gasteiger partial charge in [0.15, 0.2) is 10.8 Å². The number of carbonyl (C=O) groups excluding carboxylic acids is 1. The number of benzene rings is 1. The standard InChI is InChI=1S/C12H13NO2S/c14-8-4-3-6-10(15)12-13-9-5-1-2-7-11(9)16-12/h1-2,5,7,14H,3-4,6,8H2. The van der Waals surface area contributed by atoms with Crippen molar-refractivity contribution < 1.29 is 9.90 Å². The number of aromatic nitrogens is 1. The number of rotatable bonds is 5. The summed E-state index contributed by atoms with van der Waals surface area (Å²) < 4.78 is 1.05. The molecular formula is C12H13NO2S. The summed E-state index contributed by atoms with van der Waals surface area (Å²) >= 11 is 1.44. The molecule has 0 bridgehead atoms. The van der Waals surface area contributed by atoms with Gasteiger partial charge in [0.05, 0.1) is 10.2 Å². The molecule has 1 N–H and O–H groups in total. The van der Waals surface area contributed by atoms with E-state index in [0.717, 1.165) is 16.6 Å². The van der Waals surface area contributed by atoms with Crippen LogP contribution < -0.4 is 0 Å². The molecule has 0 spiro atoms. The van der Waals surface area contributed by atoms with Crippen molar-refractivity contribution in [2.75, 3.05) is 6.61 Å². The Morgan fingerprint density at radius 2 is 2.12 bits per heavy atom. The summed E-state index contributed by atoms with van der Waals surface area (Å²) in [4.78, 5) is 16.1. The number of hydrogen-bond donors (Lipinski definition) is 1. The zero-order valence-corrected chi connectivity index (χ0v) is 9.67. The first-order valence-electron chi connectivity index (χ1n) is 5.31. The summed E-state index contributed by atoms with van der Waals surface area (Å²) in [5.41, 5.74) is 0.887. The van der Waals surface area contributed by atoms with Gasteiger partial charge in [-0.05, 0) is 25.0 Å². The Bertz CT molecular complexity index is 459. The van der Waals surface area contributed by atoms with E-state index in [0.29, 0.717) is 17.8 Å². The fraction of sp³-hybridized carbons (Fsp3) is 0.333. The third kappa shape index (κ3) is 2.46. The summed E-state index contributed by atoms with van der Waals surface area (Å²) in [5, 5.41) is 9.22. The number of hydrogen-bond acceptors (Lipinski definition) is 4. The molecule has 0 radical (unpaired) electrons. The maximum atomic E-state index is 11.8. The normalized spacial score (nSPS) is 10.8. The highest BCUT2D eigenvalue weighted by atomic mass is 32.1. The van der Waals surface area contributed by atoms with E-state index < -0.39 is 0 Å². The largest absolute Gasteiger partial charge is 0.396 e. The van der Waals surface area contributed by atoms with Crippen LogP contribution in [0, 0.1) is 0 Å². The van der Waals surface area contributed by atoms with E-state index in [1.807, 2.05) is 24.3 Å². The number of ketones is 1. The van der Waals surface area contributed by atoms with Crippen molar-refractivity contribution in [2.24, 2.45) is 0 Å². The van der Waals surface area contributed by atoms with E-state index in [4.69, 9.17) is 5.11 Å². The Hall–Kier alpha value is -1.26. The molecule has 0 aliphatic carbocycles. The molecule has 0 saturated carbocycles. The number of unbranched alkanes of at least 4 members (excludes halogenated alkanes) is 1. The van der Waals surface area contributed by atoms with Gasteiger partial charge >= 0.3 is 0 Å². The predicted molar refractivity (Wildman–Crippen MR) is 64.9 cm³/mol. The van der Waals surface area contributed by atoms with Crippen LogP contribution in [-0.2, 0) is 0 Å². The molecule has 0 saturated heterocycles. The molecule has 0 atom stereocenters. The molecule has 0 amide bonds. The van der Waals surface area contributed by atoms with Crippen LogP contribution in [0.1, 0.15) is 29.1 Å². The fourth-order valence-corrected chi connectivity index (χ4v) is 2.43. The number of thiazole rings is 1. The van der Waals surface area contributed by atoms with Crippen molar-refractivity contribution in [3.8, 4) is 0 Å². The second-order valence-corrected chi connectivity index (χ2v) is 4.62. The van der Waals surface area contributed by atoms with E-state index in [-0.39, 0.29) is 12.4 Å². The monoisotopic (exact) mass is 235 g/mol. The molecule has 2 rings (SSSR count). The molecule has 0 unspecified atom stereocenters. The third-order valence-electron chi connectivity index (χ3n) is 2.34. The Kier molecular flexibility index (Phi) is 3.64. The SMILES string of the molecule is O=C(CCCCO)c1nc2ccccc2s1. The van der Waals surface area contributed by atoms with Crippen LogP contribution in [-0.4, -0.2) is 22.5 Å². The molecule has 84 valence electrons. The number of nitrogens with zero attached hydrogens (tertiary/aromatic N) is 1. The van der Waals surface area contributed by atoms with Crippen LogP contribution >= 0.6 is 11.3 Å². The van der Waals surface area contributed by atoms with Crippen molar-refractivity contribution in [1.82, 2.24) is 4.98 Å². The predicted octanol–water partition coefficient (Wildman–Crippen LogP) is 2.64. The minimum absolute atomic E-state index is 0.0784. The highest BCUT2D eigenvalue weighted by Gasteiger charge is 2.11. The number of aliphatic hydroxyl groups excluding tert-OH is 1. The van der Waals surface area contributed by atoms with Crippen LogP contribution in [0.4, 0.5) is 0 Å². The third-order valence-corrected chi connectivity index (χ3v) is 3.42. The highest BCUT2D eigenvalue weighted by molar-refractivity contribution is 7.20. The van der Waals surface area contributed by atoms with Gasteiger partial charge in [-0.3, -0.25) is 4.79 Å². The van der Waals surface area contributed by atoms with Crippen LogP contribution in [0.5, 0.6) is 0 Å². The second kappa shape index (κ2) is 5.18. The van der Waals surface area contributed by atoms with Gasteiger partial charge in [-0.2, -0.15) is 0 Å². The van der Waals surface area contributed by atoms with Gasteiger partial charge in [0.25, 0.3) is 0 Å². The second-order valence-electron chi connectivity index (χ2n) is 3.59. The Morgan fingerprint density at radius 1 is 1.31 bits per heavy atom. The quantitative estimate of drug-likeness (QED) is 0.640. The maximum Gasteiger partial charge on any atom is 0.191 e. The number of fused-ring (bicyclic) bond motifs is 1. The Balaban J connectivity index is 2.11. The topological polar surface area (TPSA) is 50.2 Å². The molecule has 16 heavy (non-hydrogen) atoms. The van der Waals surface area contributed by atoms with E-state index in [2.05, 4.69) is 4.98 Å². The smallest absolute Gasteiger partial charge is 0.191 e. The van der Waals surface area contributed by atoms with Gasteiger partial charge in [-0.25, -0.2) is 4.98 Å². The van der Waals surface area contributed by atoms with E-state index in [1.165, 1.54) is 11.3 Å². The van der Waals surface area contributed by atoms with Crippen LogP contribution in [0.15, 0.2) is 24.3 Å².